The molecule has 1 heterocycles. The number of carbonyl (C=O) groups is 1. The molecule has 0 aliphatic carbocycles. The molecule has 1 atom stereocenters. The SMILES string of the molecule is COc1ccc(C2=NO[C@@H](C(=O)O)C2)cc1. The minimum Gasteiger partial charge on any atom is -0.497 e. The maximum absolute atomic E-state index is 10.7. The van der Waals surface area contributed by atoms with E-state index in [1.165, 1.54) is 0 Å². The van der Waals surface area contributed by atoms with Gasteiger partial charge in [-0.3, -0.25) is 0 Å². The summed E-state index contributed by atoms with van der Waals surface area (Å²) in [4.78, 5) is 15.5. The van der Waals surface area contributed by atoms with E-state index in [2.05, 4.69) is 5.16 Å². The quantitative estimate of drug-likeness (QED) is 0.834. The average Bonchev–Trinajstić information content (AvgIpc) is 2.78. The van der Waals surface area contributed by atoms with E-state index in [1.54, 1.807) is 19.2 Å². The molecule has 1 aromatic carbocycles. The molecule has 1 aromatic rings. The third-order valence-electron chi connectivity index (χ3n) is 2.37. The number of hydrogen-bond acceptors (Lipinski definition) is 4. The summed E-state index contributed by atoms with van der Waals surface area (Å²) in [6.45, 7) is 0. The lowest BCUT2D eigenvalue weighted by atomic mass is 10.1. The van der Waals surface area contributed by atoms with E-state index < -0.39 is 12.1 Å². The molecule has 0 fully saturated rings. The standard InChI is InChI=1S/C11H11NO4/c1-15-8-4-2-7(3-5-8)9-6-10(11(13)14)16-12-9/h2-5,10H,6H2,1H3,(H,13,14)/t10-/m1/s1. The van der Waals surface area contributed by atoms with Gasteiger partial charge in [-0.1, -0.05) is 5.16 Å². The van der Waals surface area contributed by atoms with Crippen LogP contribution < -0.4 is 4.74 Å². The van der Waals surface area contributed by atoms with Gasteiger partial charge in [-0.2, -0.15) is 0 Å². The molecule has 0 saturated heterocycles. The highest BCUT2D eigenvalue weighted by Gasteiger charge is 2.28. The summed E-state index contributed by atoms with van der Waals surface area (Å²) in [5, 5.41) is 12.5. The van der Waals surface area contributed by atoms with E-state index in [1.807, 2.05) is 12.1 Å². The molecule has 5 nitrogen and oxygen atoms in total. The first-order chi connectivity index (χ1) is 7.70. The lowest BCUT2D eigenvalue weighted by Crippen LogP contribution is -2.19. The van der Waals surface area contributed by atoms with Crippen LogP contribution in [0.3, 0.4) is 0 Å². The zero-order valence-electron chi connectivity index (χ0n) is 8.71. The van der Waals surface area contributed by atoms with Crippen LogP contribution in [0, 0.1) is 0 Å². The molecule has 0 bridgehead atoms. The maximum atomic E-state index is 10.7. The molecule has 1 aliphatic rings. The lowest BCUT2D eigenvalue weighted by Gasteiger charge is -2.02. The van der Waals surface area contributed by atoms with Gasteiger partial charge < -0.3 is 14.7 Å². The van der Waals surface area contributed by atoms with E-state index >= 15 is 0 Å². The largest absolute Gasteiger partial charge is 0.497 e. The van der Waals surface area contributed by atoms with Gasteiger partial charge in [0.2, 0.25) is 6.10 Å². The number of rotatable bonds is 3. The summed E-state index contributed by atoms with van der Waals surface area (Å²) in [5.41, 5.74) is 1.50. The first-order valence-corrected chi connectivity index (χ1v) is 4.80. The summed E-state index contributed by atoms with van der Waals surface area (Å²) in [5.74, 6) is -0.245. The van der Waals surface area contributed by atoms with Crippen molar-refractivity contribution in [3.8, 4) is 5.75 Å². The second kappa shape index (κ2) is 4.22. The van der Waals surface area contributed by atoms with Gasteiger partial charge in [0.05, 0.1) is 12.8 Å². The summed E-state index contributed by atoms with van der Waals surface area (Å²) >= 11 is 0. The lowest BCUT2D eigenvalue weighted by molar-refractivity contribution is -0.148. The fraction of sp³-hybridized carbons (Fsp3) is 0.273. The fourth-order valence-electron chi connectivity index (χ4n) is 1.46. The van der Waals surface area contributed by atoms with E-state index in [-0.39, 0.29) is 0 Å². The zero-order chi connectivity index (χ0) is 11.5. The minimum atomic E-state index is -0.993. The smallest absolute Gasteiger partial charge is 0.348 e. The Morgan fingerprint density at radius 3 is 2.69 bits per heavy atom. The molecule has 0 spiro atoms. The van der Waals surface area contributed by atoms with Crippen molar-refractivity contribution < 1.29 is 19.5 Å². The van der Waals surface area contributed by atoms with Crippen LogP contribution in [-0.2, 0) is 9.63 Å². The fourth-order valence-corrected chi connectivity index (χ4v) is 1.46. The highest BCUT2D eigenvalue weighted by molar-refractivity contribution is 6.03. The maximum Gasteiger partial charge on any atom is 0.348 e. The van der Waals surface area contributed by atoms with E-state index in [9.17, 15) is 4.79 Å². The van der Waals surface area contributed by atoms with Crippen LogP contribution in [0.25, 0.3) is 0 Å². The highest BCUT2D eigenvalue weighted by Crippen LogP contribution is 2.19. The second-order valence-corrected chi connectivity index (χ2v) is 3.40. The van der Waals surface area contributed by atoms with Crippen LogP contribution in [0.5, 0.6) is 5.75 Å². The molecule has 84 valence electrons. The summed E-state index contributed by atoms with van der Waals surface area (Å²) in [6, 6.07) is 7.24. The van der Waals surface area contributed by atoms with Crippen molar-refractivity contribution in [3.05, 3.63) is 29.8 Å². The van der Waals surface area contributed by atoms with Crippen LogP contribution in [0.15, 0.2) is 29.4 Å². The van der Waals surface area contributed by atoms with Crippen LogP contribution in [0.4, 0.5) is 0 Å². The zero-order valence-corrected chi connectivity index (χ0v) is 8.71. The number of carboxylic acid groups (broad SMARTS) is 1. The van der Waals surface area contributed by atoms with Crippen molar-refractivity contribution in [1.82, 2.24) is 0 Å². The Morgan fingerprint density at radius 2 is 2.19 bits per heavy atom. The number of nitrogens with zero attached hydrogens (tertiary/aromatic N) is 1. The third-order valence-corrected chi connectivity index (χ3v) is 2.37. The molecule has 0 amide bonds. The number of hydrogen-bond donors (Lipinski definition) is 1. The van der Waals surface area contributed by atoms with Crippen LogP contribution in [0.2, 0.25) is 0 Å². The predicted molar refractivity (Wildman–Crippen MR) is 56.7 cm³/mol. The number of carboxylic acids is 1. The molecule has 0 saturated carbocycles. The van der Waals surface area contributed by atoms with Crippen LogP contribution in [0.1, 0.15) is 12.0 Å². The normalized spacial score (nSPS) is 18.8. The van der Waals surface area contributed by atoms with Gasteiger partial charge in [0, 0.05) is 6.42 Å². The first-order valence-electron chi connectivity index (χ1n) is 4.80. The Kier molecular flexibility index (Phi) is 2.76. The summed E-state index contributed by atoms with van der Waals surface area (Å²) < 4.78 is 5.03. The van der Waals surface area contributed by atoms with Crippen molar-refractivity contribution in [1.29, 1.82) is 0 Å². The molecule has 0 aromatic heterocycles. The Labute approximate surface area is 92.3 Å². The molecule has 0 unspecified atom stereocenters. The van der Waals surface area contributed by atoms with E-state index in [0.29, 0.717) is 12.1 Å². The van der Waals surface area contributed by atoms with Crippen LogP contribution >= 0.6 is 0 Å². The molecular weight excluding hydrogens is 210 g/mol. The second-order valence-electron chi connectivity index (χ2n) is 3.40. The van der Waals surface area contributed by atoms with Crippen molar-refractivity contribution in [2.45, 2.75) is 12.5 Å². The van der Waals surface area contributed by atoms with Crippen molar-refractivity contribution in [3.63, 3.8) is 0 Å². The van der Waals surface area contributed by atoms with Crippen molar-refractivity contribution >= 4 is 11.7 Å². The van der Waals surface area contributed by atoms with Crippen molar-refractivity contribution in [2.75, 3.05) is 7.11 Å². The van der Waals surface area contributed by atoms with Gasteiger partial charge in [-0.25, -0.2) is 4.79 Å². The number of oxime groups is 1. The van der Waals surface area contributed by atoms with Gasteiger partial charge in [-0.05, 0) is 29.8 Å². The molecule has 16 heavy (non-hydrogen) atoms. The molecule has 2 rings (SSSR count). The molecule has 1 N–H and O–H groups in total. The number of methoxy groups -OCH3 is 1. The van der Waals surface area contributed by atoms with Gasteiger partial charge in [0.15, 0.2) is 0 Å². The molecule has 0 radical (unpaired) electrons. The number of benzene rings is 1. The predicted octanol–water partition coefficient (Wildman–Crippen LogP) is 1.27. The average molecular weight is 221 g/mol. The molecule has 1 aliphatic heterocycles. The molecule has 5 heteroatoms. The first kappa shape index (κ1) is 10.5. The van der Waals surface area contributed by atoms with Crippen molar-refractivity contribution in [2.24, 2.45) is 5.16 Å². The van der Waals surface area contributed by atoms with Gasteiger partial charge in [0.25, 0.3) is 0 Å². The summed E-state index contributed by atoms with van der Waals surface area (Å²) in [7, 11) is 1.59. The molecular formula is C11H11NO4. The van der Waals surface area contributed by atoms with E-state index in [0.717, 1.165) is 11.3 Å². The minimum absolute atomic E-state index is 0.293. The topological polar surface area (TPSA) is 68.1 Å². The van der Waals surface area contributed by atoms with E-state index in [4.69, 9.17) is 14.7 Å². The Bertz CT molecular complexity index is 424. The summed E-state index contributed by atoms with van der Waals surface area (Å²) in [6.07, 6.45) is -0.570. The van der Waals surface area contributed by atoms with Gasteiger partial charge >= 0.3 is 5.97 Å². The van der Waals surface area contributed by atoms with Gasteiger partial charge in [-0.15, -0.1) is 0 Å². The monoisotopic (exact) mass is 221 g/mol. The highest BCUT2D eigenvalue weighted by atomic mass is 16.7. The number of aliphatic carboxylic acids is 1. The van der Waals surface area contributed by atoms with Crippen LogP contribution in [-0.4, -0.2) is 30.0 Å². The number of ether oxygens (including phenoxy) is 1. The Hall–Kier alpha value is -2.04. The van der Waals surface area contributed by atoms with Gasteiger partial charge in [0.1, 0.15) is 5.75 Å². The third kappa shape index (κ3) is 1.98. The Morgan fingerprint density at radius 1 is 1.50 bits per heavy atom. The Balaban J connectivity index is 2.11.